The predicted octanol–water partition coefficient (Wildman–Crippen LogP) is 5.26. The van der Waals surface area contributed by atoms with E-state index in [2.05, 4.69) is 43.7 Å². The Labute approximate surface area is 140 Å². The highest BCUT2D eigenvalue weighted by Crippen LogP contribution is 2.36. The van der Waals surface area contributed by atoms with Crippen LogP contribution in [0.4, 0.5) is 0 Å². The molecule has 2 rings (SSSR count). The lowest BCUT2D eigenvalue weighted by Gasteiger charge is -2.31. The first-order chi connectivity index (χ1) is 11.7. The second-order valence-corrected chi connectivity index (χ2v) is 6.28. The van der Waals surface area contributed by atoms with Gasteiger partial charge in [0, 0.05) is 21.8 Å². The minimum atomic E-state index is -2.06. The molecule has 0 radical (unpaired) electrons. The third-order valence-corrected chi connectivity index (χ3v) is 5.29. The smallest absolute Gasteiger partial charge is 0.201 e. The summed E-state index contributed by atoms with van der Waals surface area (Å²) in [7, 11) is 2.04. The summed E-state index contributed by atoms with van der Waals surface area (Å²) in [4.78, 5) is 0. The maximum absolute atomic E-state index is 7.61. The second-order valence-electron chi connectivity index (χ2n) is 6.28. The van der Waals surface area contributed by atoms with Crippen LogP contribution in [0.2, 0.25) is 0 Å². The lowest BCUT2D eigenvalue weighted by molar-refractivity contribution is -0.660. The highest BCUT2D eigenvalue weighted by Gasteiger charge is 2.28. The first-order valence-electron chi connectivity index (χ1n) is 9.80. The summed E-state index contributed by atoms with van der Waals surface area (Å²) in [6.07, 6.45) is 5.47. The quantitative estimate of drug-likeness (QED) is 0.663. The van der Waals surface area contributed by atoms with Gasteiger partial charge in [0.1, 0.15) is 7.05 Å². The van der Waals surface area contributed by atoms with Crippen molar-refractivity contribution in [3.63, 3.8) is 0 Å². The fourth-order valence-electron chi connectivity index (χ4n) is 3.48. The van der Waals surface area contributed by atoms with E-state index in [1.165, 1.54) is 5.56 Å². The number of hydrogen-bond acceptors (Lipinski definition) is 0. The van der Waals surface area contributed by atoms with Crippen LogP contribution in [-0.4, -0.2) is 0 Å². The van der Waals surface area contributed by atoms with E-state index in [-0.39, 0.29) is 5.41 Å². The van der Waals surface area contributed by atoms with Crippen molar-refractivity contribution >= 4 is 0 Å². The lowest BCUT2D eigenvalue weighted by atomic mass is 9.74. The number of rotatable bonds is 5. The molecule has 1 nitrogen and oxygen atoms in total. The van der Waals surface area contributed by atoms with Crippen LogP contribution in [0.25, 0.3) is 11.3 Å². The van der Waals surface area contributed by atoms with Gasteiger partial charge in [0.2, 0.25) is 5.69 Å². The first kappa shape index (κ1) is 12.9. The average Bonchev–Trinajstić information content (AvgIpc) is 2.57. The summed E-state index contributed by atoms with van der Waals surface area (Å²) in [6, 6.07) is 9.98. The van der Waals surface area contributed by atoms with Gasteiger partial charge in [-0.05, 0) is 55.6 Å². The number of aryl methyl sites for hydroxylation is 3. The molecule has 118 valence electrons. The van der Waals surface area contributed by atoms with Crippen molar-refractivity contribution in [3.05, 3.63) is 53.2 Å². The van der Waals surface area contributed by atoms with Crippen LogP contribution in [0.1, 0.15) is 60.8 Å². The average molecular weight is 299 g/mol. The lowest BCUT2D eigenvalue weighted by Crippen LogP contribution is -2.33. The molecule has 1 heterocycles. The third-order valence-electron chi connectivity index (χ3n) is 5.29. The Hall–Kier alpha value is -1.63. The largest absolute Gasteiger partial charge is 0.212 e. The Morgan fingerprint density at radius 2 is 1.73 bits per heavy atom. The van der Waals surface area contributed by atoms with Crippen LogP contribution in [0.3, 0.4) is 0 Å². The zero-order chi connectivity index (χ0) is 18.8. The number of aromatic nitrogens is 1. The molecule has 22 heavy (non-hydrogen) atoms. The van der Waals surface area contributed by atoms with Crippen LogP contribution < -0.4 is 4.57 Å². The van der Waals surface area contributed by atoms with Gasteiger partial charge in [-0.1, -0.05) is 38.5 Å². The van der Waals surface area contributed by atoms with E-state index in [1.807, 2.05) is 20.0 Å². The number of pyridine rings is 1. The summed E-state index contributed by atoms with van der Waals surface area (Å²) >= 11 is 0. The molecule has 0 saturated heterocycles. The molecule has 0 saturated carbocycles. The molecule has 0 bridgehead atoms. The molecule has 0 spiro atoms. The van der Waals surface area contributed by atoms with Crippen LogP contribution in [0.15, 0.2) is 36.5 Å². The van der Waals surface area contributed by atoms with Gasteiger partial charge in [-0.15, -0.1) is 0 Å². The van der Waals surface area contributed by atoms with Crippen molar-refractivity contribution in [2.24, 2.45) is 7.05 Å². The topological polar surface area (TPSA) is 3.88 Å². The molecule has 2 aromatic rings. The molecule has 1 aromatic heterocycles. The van der Waals surface area contributed by atoms with Gasteiger partial charge in [0.05, 0.1) is 0 Å². The van der Waals surface area contributed by atoms with Crippen molar-refractivity contribution in [2.75, 3.05) is 0 Å². The van der Waals surface area contributed by atoms with Gasteiger partial charge < -0.3 is 0 Å². The molecule has 1 aromatic carbocycles. The highest BCUT2D eigenvalue weighted by atomic mass is 14.9. The van der Waals surface area contributed by atoms with E-state index in [1.54, 1.807) is 12.1 Å². The molecule has 0 aliphatic heterocycles. The van der Waals surface area contributed by atoms with E-state index >= 15 is 0 Å². The van der Waals surface area contributed by atoms with Gasteiger partial charge in [-0.25, -0.2) is 4.57 Å². The van der Waals surface area contributed by atoms with Crippen molar-refractivity contribution in [1.29, 1.82) is 0 Å². The van der Waals surface area contributed by atoms with Crippen molar-refractivity contribution in [1.82, 2.24) is 0 Å². The number of hydrogen-bond donors (Lipinski definition) is 0. The Morgan fingerprint density at radius 1 is 1.05 bits per heavy atom. The first-order valence-corrected chi connectivity index (χ1v) is 8.30. The van der Waals surface area contributed by atoms with E-state index in [0.717, 1.165) is 36.1 Å². The maximum atomic E-state index is 7.61. The van der Waals surface area contributed by atoms with Crippen molar-refractivity contribution < 1.29 is 8.68 Å². The number of nitrogens with zero attached hydrogens (tertiary/aromatic N) is 1. The zero-order valence-electron chi connectivity index (χ0n) is 17.5. The summed E-state index contributed by atoms with van der Waals surface area (Å²) in [5, 5.41) is 0. The molecule has 0 amide bonds. The molecule has 0 atom stereocenters. The van der Waals surface area contributed by atoms with Gasteiger partial charge >= 0.3 is 0 Å². The summed E-state index contributed by atoms with van der Waals surface area (Å²) in [6.45, 7) is 6.71. The Bertz CT molecular complexity index is 735. The van der Waals surface area contributed by atoms with Crippen LogP contribution in [0.5, 0.6) is 0 Å². The maximum Gasteiger partial charge on any atom is 0.212 e. The van der Waals surface area contributed by atoms with Crippen LogP contribution in [0, 0.1) is 13.8 Å². The van der Waals surface area contributed by atoms with Crippen molar-refractivity contribution in [3.8, 4) is 11.3 Å². The van der Waals surface area contributed by atoms with Gasteiger partial charge in [0.25, 0.3) is 0 Å². The van der Waals surface area contributed by atoms with E-state index in [9.17, 15) is 0 Å². The monoisotopic (exact) mass is 299 g/mol. The number of benzene rings is 1. The Morgan fingerprint density at radius 3 is 2.27 bits per heavy atom. The fraction of sp³-hybridized carbons (Fsp3) is 0.476. The predicted molar refractivity (Wildman–Crippen MR) is 95.1 cm³/mol. The van der Waals surface area contributed by atoms with E-state index in [0.29, 0.717) is 5.56 Å². The van der Waals surface area contributed by atoms with Gasteiger partial charge in [0.15, 0.2) is 6.20 Å². The molecule has 0 aliphatic rings. The molecule has 0 fully saturated rings. The molecule has 0 aliphatic carbocycles. The molecule has 0 N–H and O–H groups in total. The van der Waals surface area contributed by atoms with E-state index in [4.69, 9.17) is 4.11 Å². The summed E-state index contributed by atoms with van der Waals surface area (Å²) < 4.78 is 24.9. The standard InChI is InChI=1S/C21H30N/c1-7-21(8-2,9-3)18-12-13-22(6)20(15-18)19-11-10-16(4)14-17(19)5/h10-15H,7-9H2,1-6H3/q+1/i4D3. The highest BCUT2D eigenvalue weighted by molar-refractivity contribution is 5.62. The van der Waals surface area contributed by atoms with E-state index < -0.39 is 6.85 Å². The molecular formula is C21H30N+. The Balaban J connectivity index is 2.59. The van der Waals surface area contributed by atoms with Crippen LogP contribution in [-0.2, 0) is 12.5 Å². The van der Waals surface area contributed by atoms with Crippen molar-refractivity contribution in [2.45, 2.75) is 59.2 Å². The third kappa shape index (κ3) is 2.95. The Kier molecular flexibility index (Phi) is 3.89. The molecular weight excluding hydrogens is 266 g/mol. The zero-order valence-corrected chi connectivity index (χ0v) is 14.5. The minimum absolute atomic E-state index is 0.204. The second kappa shape index (κ2) is 6.64. The fourth-order valence-corrected chi connectivity index (χ4v) is 3.48. The summed E-state index contributed by atoms with van der Waals surface area (Å²) in [5.41, 5.74) is 5.19. The normalized spacial score (nSPS) is 14.3. The summed E-state index contributed by atoms with van der Waals surface area (Å²) in [5.74, 6) is 0. The molecule has 0 unspecified atom stereocenters. The van der Waals surface area contributed by atoms with Crippen LogP contribution >= 0.6 is 0 Å². The van der Waals surface area contributed by atoms with Gasteiger partial charge in [-0.2, -0.15) is 0 Å². The van der Waals surface area contributed by atoms with Gasteiger partial charge in [-0.3, -0.25) is 0 Å². The molecule has 1 heteroatoms. The minimum Gasteiger partial charge on any atom is -0.201 e. The SMILES string of the molecule is [2H]C([2H])([2H])c1ccc(-c2cc(C(CC)(CC)CC)cc[n+]2C)c(C)c1.